The monoisotopic (exact) mass is 300 g/mol. The number of likely N-dealkylation sites (N-methyl/N-ethyl adjacent to an activating group) is 1. The highest BCUT2D eigenvalue weighted by molar-refractivity contribution is 5.86. The summed E-state index contributed by atoms with van der Waals surface area (Å²) in [5.41, 5.74) is -1.12. The highest BCUT2D eigenvalue weighted by atomic mass is 16.5. The maximum Gasteiger partial charge on any atom is 0.329 e. The van der Waals surface area contributed by atoms with Gasteiger partial charge in [0, 0.05) is 14.2 Å². The average Bonchev–Trinajstić information content (AvgIpc) is 2.47. The first-order valence-corrected chi connectivity index (χ1v) is 7.63. The molecule has 1 fully saturated rings. The van der Waals surface area contributed by atoms with E-state index in [9.17, 15) is 14.7 Å². The lowest BCUT2D eigenvalue weighted by Gasteiger charge is -2.38. The molecule has 0 aromatic carbocycles. The summed E-state index contributed by atoms with van der Waals surface area (Å²) in [6.45, 7) is 4.41. The minimum atomic E-state index is -1.12. The first-order chi connectivity index (χ1) is 9.86. The molecule has 6 heteroatoms. The maximum absolute atomic E-state index is 12.3. The number of amides is 2. The molecule has 1 rings (SSSR count). The molecule has 2 amide bonds. The SMILES string of the molecule is CCC1CCC(NC(=O)N(C)C(C)COC)(C(=O)O)CC1. The van der Waals surface area contributed by atoms with Crippen LogP contribution in [-0.4, -0.2) is 54.4 Å². The molecule has 1 unspecified atom stereocenters. The van der Waals surface area contributed by atoms with E-state index in [1.54, 1.807) is 14.2 Å². The molecule has 1 saturated carbocycles. The second kappa shape index (κ2) is 7.64. The van der Waals surface area contributed by atoms with Gasteiger partial charge < -0.3 is 20.1 Å². The molecular formula is C15H28N2O4. The zero-order valence-corrected chi connectivity index (χ0v) is 13.5. The van der Waals surface area contributed by atoms with Crippen molar-refractivity contribution < 1.29 is 19.4 Å². The number of rotatable bonds is 6. The van der Waals surface area contributed by atoms with Crippen LogP contribution in [0.1, 0.15) is 46.0 Å². The van der Waals surface area contributed by atoms with Crippen LogP contribution in [0, 0.1) is 5.92 Å². The van der Waals surface area contributed by atoms with Crippen molar-refractivity contribution >= 4 is 12.0 Å². The van der Waals surface area contributed by atoms with Crippen molar-refractivity contribution in [1.82, 2.24) is 10.2 Å². The summed E-state index contributed by atoms with van der Waals surface area (Å²) in [4.78, 5) is 25.5. The second-order valence-corrected chi connectivity index (χ2v) is 6.08. The number of hydrogen-bond donors (Lipinski definition) is 2. The van der Waals surface area contributed by atoms with E-state index >= 15 is 0 Å². The smallest absolute Gasteiger partial charge is 0.329 e. The van der Waals surface area contributed by atoms with Crippen LogP contribution in [0.15, 0.2) is 0 Å². The standard InChI is InChI=1S/C15H28N2O4/c1-5-12-6-8-15(9-7-12,13(18)19)16-14(20)17(3)11(2)10-21-4/h11-12H,5-10H2,1-4H3,(H,16,20)(H,18,19). The third kappa shape index (κ3) is 4.33. The first-order valence-electron chi connectivity index (χ1n) is 7.63. The van der Waals surface area contributed by atoms with Crippen molar-refractivity contribution in [3.8, 4) is 0 Å². The maximum atomic E-state index is 12.3. The van der Waals surface area contributed by atoms with E-state index in [4.69, 9.17) is 4.74 Å². The quantitative estimate of drug-likeness (QED) is 0.787. The molecule has 1 aliphatic rings. The van der Waals surface area contributed by atoms with E-state index in [0.717, 1.165) is 19.3 Å². The van der Waals surface area contributed by atoms with Gasteiger partial charge in [0.2, 0.25) is 0 Å². The molecule has 1 atom stereocenters. The number of ether oxygens (including phenoxy) is 1. The fourth-order valence-electron chi connectivity index (χ4n) is 2.82. The molecule has 0 spiro atoms. The van der Waals surface area contributed by atoms with E-state index in [0.29, 0.717) is 25.4 Å². The van der Waals surface area contributed by atoms with Crippen LogP contribution in [0.25, 0.3) is 0 Å². The van der Waals surface area contributed by atoms with Gasteiger partial charge in [0.25, 0.3) is 0 Å². The predicted octanol–water partition coefficient (Wildman–Crippen LogP) is 2.09. The summed E-state index contributed by atoms with van der Waals surface area (Å²) in [7, 11) is 3.24. The fraction of sp³-hybridized carbons (Fsp3) is 0.867. The zero-order valence-electron chi connectivity index (χ0n) is 13.5. The molecule has 0 aromatic rings. The lowest BCUT2D eigenvalue weighted by atomic mass is 9.75. The van der Waals surface area contributed by atoms with E-state index in [1.807, 2.05) is 6.92 Å². The van der Waals surface area contributed by atoms with E-state index < -0.39 is 11.5 Å². The Morgan fingerprint density at radius 1 is 1.43 bits per heavy atom. The fourth-order valence-corrected chi connectivity index (χ4v) is 2.82. The minimum Gasteiger partial charge on any atom is -0.480 e. The summed E-state index contributed by atoms with van der Waals surface area (Å²) < 4.78 is 5.03. The Balaban J connectivity index is 2.71. The van der Waals surface area contributed by atoms with Gasteiger partial charge in [-0.25, -0.2) is 9.59 Å². The topological polar surface area (TPSA) is 78.9 Å². The predicted molar refractivity (Wildman–Crippen MR) is 80.2 cm³/mol. The van der Waals surface area contributed by atoms with Gasteiger partial charge in [0.15, 0.2) is 0 Å². The third-order valence-corrected chi connectivity index (χ3v) is 4.68. The van der Waals surface area contributed by atoms with Crippen LogP contribution < -0.4 is 5.32 Å². The van der Waals surface area contributed by atoms with Gasteiger partial charge in [-0.15, -0.1) is 0 Å². The van der Waals surface area contributed by atoms with Crippen molar-refractivity contribution in [2.24, 2.45) is 5.92 Å². The summed E-state index contributed by atoms with van der Waals surface area (Å²) >= 11 is 0. The molecule has 0 bridgehead atoms. The Kier molecular flexibility index (Phi) is 6.45. The molecule has 0 aliphatic heterocycles. The number of hydrogen-bond acceptors (Lipinski definition) is 3. The van der Waals surface area contributed by atoms with Crippen LogP contribution in [-0.2, 0) is 9.53 Å². The number of urea groups is 1. The van der Waals surface area contributed by atoms with Gasteiger partial charge in [-0.3, -0.25) is 0 Å². The number of carbonyl (C=O) groups is 2. The van der Waals surface area contributed by atoms with Gasteiger partial charge in [0.05, 0.1) is 12.6 Å². The highest BCUT2D eigenvalue weighted by Gasteiger charge is 2.43. The van der Waals surface area contributed by atoms with E-state index in [-0.39, 0.29) is 12.1 Å². The number of methoxy groups -OCH3 is 1. The Labute approximate surface area is 126 Å². The van der Waals surface area contributed by atoms with Crippen LogP contribution in [0.5, 0.6) is 0 Å². The van der Waals surface area contributed by atoms with Gasteiger partial charge in [-0.1, -0.05) is 13.3 Å². The third-order valence-electron chi connectivity index (χ3n) is 4.68. The Morgan fingerprint density at radius 3 is 2.43 bits per heavy atom. The highest BCUT2D eigenvalue weighted by Crippen LogP contribution is 2.34. The van der Waals surface area contributed by atoms with Gasteiger partial charge in [-0.2, -0.15) is 0 Å². The summed E-state index contributed by atoms with van der Waals surface area (Å²) in [5, 5.41) is 12.3. The number of aliphatic carboxylic acids is 1. The largest absolute Gasteiger partial charge is 0.480 e. The molecule has 1 aliphatic carbocycles. The number of carboxylic acids is 1. The van der Waals surface area contributed by atoms with Crippen molar-refractivity contribution in [2.75, 3.05) is 20.8 Å². The molecule has 0 aromatic heterocycles. The summed E-state index contributed by atoms with van der Waals surface area (Å²) in [6, 6.07) is -0.454. The Morgan fingerprint density at radius 2 is 2.00 bits per heavy atom. The van der Waals surface area contributed by atoms with Crippen molar-refractivity contribution in [1.29, 1.82) is 0 Å². The van der Waals surface area contributed by atoms with E-state index in [2.05, 4.69) is 12.2 Å². The van der Waals surface area contributed by atoms with Gasteiger partial charge >= 0.3 is 12.0 Å². The Hall–Kier alpha value is -1.30. The van der Waals surface area contributed by atoms with Crippen LogP contribution in [0.4, 0.5) is 4.79 Å². The molecule has 6 nitrogen and oxygen atoms in total. The second-order valence-electron chi connectivity index (χ2n) is 6.08. The zero-order chi connectivity index (χ0) is 16.0. The van der Waals surface area contributed by atoms with Crippen LogP contribution in [0.3, 0.4) is 0 Å². The minimum absolute atomic E-state index is 0.104. The van der Waals surface area contributed by atoms with Gasteiger partial charge in [-0.05, 0) is 38.5 Å². The van der Waals surface area contributed by atoms with E-state index in [1.165, 1.54) is 4.90 Å². The number of nitrogens with one attached hydrogen (secondary N) is 1. The van der Waals surface area contributed by atoms with Gasteiger partial charge in [0.1, 0.15) is 5.54 Å². The average molecular weight is 300 g/mol. The van der Waals surface area contributed by atoms with Crippen molar-refractivity contribution in [3.05, 3.63) is 0 Å². The van der Waals surface area contributed by atoms with Crippen LogP contribution >= 0.6 is 0 Å². The molecule has 21 heavy (non-hydrogen) atoms. The Bertz CT molecular complexity index is 365. The molecule has 0 heterocycles. The number of nitrogens with zero attached hydrogens (tertiary/aromatic N) is 1. The first kappa shape index (κ1) is 17.8. The normalized spacial score (nSPS) is 27.0. The summed E-state index contributed by atoms with van der Waals surface area (Å²) in [5.74, 6) is -0.363. The number of carboxylic acid groups (broad SMARTS) is 1. The van der Waals surface area contributed by atoms with Crippen LogP contribution in [0.2, 0.25) is 0 Å². The molecule has 0 saturated heterocycles. The molecular weight excluding hydrogens is 272 g/mol. The molecule has 122 valence electrons. The van der Waals surface area contributed by atoms with Crippen molar-refractivity contribution in [3.63, 3.8) is 0 Å². The molecule has 0 radical (unpaired) electrons. The number of carbonyl (C=O) groups excluding carboxylic acids is 1. The lowest BCUT2D eigenvalue weighted by Crippen LogP contribution is -2.60. The molecule has 2 N–H and O–H groups in total. The van der Waals surface area contributed by atoms with Crippen molar-refractivity contribution in [2.45, 2.75) is 57.5 Å². The summed E-state index contributed by atoms with van der Waals surface area (Å²) in [6.07, 6.45) is 3.76. The lowest BCUT2D eigenvalue weighted by molar-refractivity contribution is -0.146.